The highest BCUT2D eigenvalue weighted by Gasteiger charge is 2.16. The molecule has 156 valence electrons. The van der Waals surface area contributed by atoms with Crippen LogP contribution in [-0.4, -0.2) is 29.1 Å². The lowest BCUT2D eigenvalue weighted by Gasteiger charge is -2.30. The van der Waals surface area contributed by atoms with E-state index in [4.69, 9.17) is 16.1 Å². The number of aromatic nitrogens is 2. The van der Waals surface area contributed by atoms with E-state index in [9.17, 15) is 4.79 Å². The van der Waals surface area contributed by atoms with Gasteiger partial charge in [0.1, 0.15) is 0 Å². The van der Waals surface area contributed by atoms with E-state index in [-0.39, 0.29) is 5.91 Å². The molecule has 2 heterocycles. The van der Waals surface area contributed by atoms with Crippen LogP contribution >= 0.6 is 11.6 Å². The van der Waals surface area contributed by atoms with Crippen LogP contribution in [0.2, 0.25) is 5.02 Å². The Bertz CT molecular complexity index is 984. The van der Waals surface area contributed by atoms with Gasteiger partial charge in [-0.25, -0.2) is 0 Å². The minimum Gasteiger partial charge on any atom is -0.370 e. The van der Waals surface area contributed by atoms with Crippen LogP contribution in [0.4, 0.5) is 11.4 Å². The van der Waals surface area contributed by atoms with Crippen LogP contribution in [0.15, 0.2) is 53.1 Å². The molecule has 1 aliphatic heterocycles. The second-order valence-corrected chi connectivity index (χ2v) is 7.93. The lowest BCUT2D eigenvalue weighted by Crippen LogP contribution is -2.30. The fourth-order valence-corrected chi connectivity index (χ4v) is 3.86. The highest BCUT2D eigenvalue weighted by atomic mass is 35.5. The highest BCUT2D eigenvalue weighted by molar-refractivity contribution is 6.31. The third-order valence-electron chi connectivity index (χ3n) is 5.22. The van der Waals surface area contributed by atoms with E-state index in [1.807, 2.05) is 48.5 Å². The molecule has 0 bridgehead atoms. The van der Waals surface area contributed by atoms with Gasteiger partial charge >= 0.3 is 0 Å². The number of nitrogens with zero attached hydrogens (tertiary/aromatic N) is 3. The first-order valence-electron chi connectivity index (χ1n) is 10.4. The number of nitrogens with one attached hydrogen (secondary N) is 1. The van der Waals surface area contributed by atoms with Crippen molar-refractivity contribution >= 4 is 28.9 Å². The number of hydrogen-bond donors (Lipinski definition) is 1. The average Bonchev–Trinajstić information content (AvgIpc) is 3.24. The van der Waals surface area contributed by atoms with Gasteiger partial charge in [0.25, 0.3) is 0 Å². The molecule has 0 radical (unpaired) electrons. The maximum absolute atomic E-state index is 12.5. The molecular weight excluding hydrogens is 400 g/mol. The maximum Gasteiger partial charge on any atom is 0.226 e. The summed E-state index contributed by atoms with van der Waals surface area (Å²) in [6.45, 7) is 2.01. The second-order valence-electron chi connectivity index (χ2n) is 7.49. The maximum atomic E-state index is 12.5. The van der Waals surface area contributed by atoms with E-state index < -0.39 is 0 Å². The normalized spacial score (nSPS) is 14.0. The number of anilines is 2. The van der Waals surface area contributed by atoms with Gasteiger partial charge in [-0.1, -0.05) is 47.1 Å². The van der Waals surface area contributed by atoms with Gasteiger partial charge in [-0.2, -0.15) is 4.98 Å². The number of rotatable bonds is 7. The number of halogens is 1. The molecule has 1 fully saturated rings. The van der Waals surface area contributed by atoms with Crippen molar-refractivity contribution in [1.29, 1.82) is 0 Å². The predicted octanol–water partition coefficient (Wildman–Crippen LogP) is 5.34. The first kappa shape index (κ1) is 20.4. The summed E-state index contributed by atoms with van der Waals surface area (Å²) in [5.41, 5.74) is 2.73. The second kappa shape index (κ2) is 9.76. The molecule has 1 saturated heterocycles. The topological polar surface area (TPSA) is 71.3 Å². The summed E-state index contributed by atoms with van der Waals surface area (Å²) >= 11 is 6.18. The van der Waals surface area contributed by atoms with Gasteiger partial charge in [0, 0.05) is 36.5 Å². The zero-order valence-electron chi connectivity index (χ0n) is 16.8. The fraction of sp³-hybridized carbons (Fsp3) is 0.348. The van der Waals surface area contributed by atoms with Crippen LogP contribution in [0.5, 0.6) is 0 Å². The van der Waals surface area contributed by atoms with Gasteiger partial charge in [-0.05, 0) is 43.9 Å². The van der Waals surface area contributed by atoms with Crippen LogP contribution in [0.3, 0.4) is 0 Å². The molecule has 7 heteroatoms. The summed E-state index contributed by atoms with van der Waals surface area (Å²) in [6, 6.07) is 15.4. The molecular formula is C23H25ClN4O2. The van der Waals surface area contributed by atoms with Crippen molar-refractivity contribution in [3.05, 3.63) is 59.4 Å². The van der Waals surface area contributed by atoms with Crippen molar-refractivity contribution in [2.75, 3.05) is 23.3 Å². The number of hydrogen-bond acceptors (Lipinski definition) is 5. The van der Waals surface area contributed by atoms with E-state index in [0.29, 0.717) is 36.0 Å². The van der Waals surface area contributed by atoms with E-state index in [2.05, 4.69) is 20.4 Å². The Labute approximate surface area is 181 Å². The van der Waals surface area contributed by atoms with Crippen LogP contribution in [0.1, 0.15) is 38.0 Å². The average molecular weight is 425 g/mol. The molecule has 1 N–H and O–H groups in total. The summed E-state index contributed by atoms with van der Waals surface area (Å²) in [5, 5.41) is 7.67. The molecule has 0 spiro atoms. The first-order valence-corrected chi connectivity index (χ1v) is 10.8. The zero-order valence-corrected chi connectivity index (χ0v) is 17.6. The van der Waals surface area contributed by atoms with Gasteiger partial charge in [-0.15, -0.1) is 0 Å². The molecule has 3 aromatic rings. The van der Waals surface area contributed by atoms with E-state index in [0.717, 1.165) is 30.0 Å². The predicted molar refractivity (Wildman–Crippen MR) is 119 cm³/mol. The quantitative estimate of drug-likeness (QED) is 0.554. The number of amides is 1. The van der Waals surface area contributed by atoms with Gasteiger partial charge in [0.15, 0.2) is 0 Å². The number of aryl methyl sites for hydroxylation is 1. The molecule has 2 aromatic carbocycles. The molecule has 30 heavy (non-hydrogen) atoms. The van der Waals surface area contributed by atoms with Crippen molar-refractivity contribution < 1.29 is 9.32 Å². The van der Waals surface area contributed by atoms with Crippen molar-refractivity contribution in [3.8, 4) is 11.4 Å². The molecule has 1 amide bonds. The Morgan fingerprint density at radius 1 is 1.10 bits per heavy atom. The first-order chi connectivity index (χ1) is 14.7. The number of piperidine rings is 1. The Hall–Kier alpha value is -2.86. The van der Waals surface area contributed by atoms with Crippen molar-refractivity contribution in [1.82, 2.24) is 10.1 Å². The third kappa shape index (κ3) is 5.19. The standard InChI is InChI=1S/C23H25ClN4O2/c24-18-12-13-20(28-14-5-2-6-15-28)19(16-18)25-21(29)10-7-11-22-26-23(27-30-22)17-8-3-1-4-9-17/h1,3-4,8-9,12-13,16H,2,5-7,10-11,14-15H2,(H,25,29). The minimum absolute atomic E-state index is 0.0432. The smallest absolute Gasteiger partial charge is 0.226 e. The molecule has 0 saturated carbocycles. The van der Waals surface area contributed by atoms with Gasteiger partial charge in [0.05, 0.1) is 11.4 Å². The van der Waals surface area contributed by atoms with Gasteiger partial charge in [-0.3, -0.25) is 4.79 Å². The lowest BCUT2D eigenvalue weighted by molar-refractivity contribution is -0.116. The SMILES string of the molecule is O=C(CCCc1nc(-c2ccccc2)no1)Nc1cc(Cl)ccc1N1CCCCC1. The summed E-state index contributed by atoms with van der Waals surface area (Å²) in [6.07, 6.45) is 5.16. The summed E-state index contributed by atoms with van der Waals surface area (Å²) in [5.74, 6) is 1.07. The Morgan fingerprint density at radius 2 is 1.90 bits per heavy atom. The van der Waals surface area contributed by atoms with Gasteiger partial charge in [0.2, 0.25) is 17.6 Å². The summed E-state index contributed by atoms with van der Waals surface area (Å²) in [7, 11) is 0. The van der Waals surface area contributed by atoms with Gasteiger partial charge < -0.3 is 14.7 Å². The summed E-state index contributed by atoms with van der Waals surface area (Å²) < 4.78 is 5.32. The Kier molecular flexibility index (Phi) is 6.64. The lowest BCUT2D eigenvalue weighted by atomic mass is 10.1. The highest BCUT2D eigenvalue weighted by Crippen LogP contribution is 2.31. The van der Waals surface area contributed by atoms with Crippen LogP contribution < -0.4 is 10.2 Å². The minimum atomic E-state index is -0.0432. The largest absolute Gasteiger partial charge is 0.370 e. The van der Waals surface area contributed by atoms with Crippen LogP contribution in [0.25, 0.3) is 11.4 Å². The molecule has 1 aliphatic rings. The van der Waals surface area contributed by atoms with E-state index in [1.54, 1.807) is 0 Å². The number of carbonyl (C=O) groups is 1. The Morgan fingerprint density at radius 3 is 2.70 bits per heavy atom. The van der Waals surface area contributed by atoms with Crippen molar-refractivity contribution in [2.24, 2.45) is 0 Å². The molecule has 0 aliphatic carbocycles. The van der Waals surface area contributed by atoms with Crippen LogP contribution in [-0.2, 0) is 11.2 Å². The molecule has 6 nitrogen and oxygen atoms in total. The van der Waals surface area contributed by atoms with E-state index in [1.165, 1.54) is 19.3 Å². The van der Waals surface area contributed by atoms with E-state index >= 15 is 0 Å². The summed E-state index contributed by atoms with van der Waals surface area (Å²) in [4.78, 5) is 19.3. The molecule has 1 aromatic heterocycles. The molecule has 0 atom stereocenters. The fourth-order valence-electron chi connectivity index (χ4n) is 3.69. The zero-order chi connectivity index (χ0) is 20.8. The Balaban J connectivity index is 1.32. The number of benzene rings is 2. The monoisotopic (exact) mass is 424 g/mol. The number of carbonyl (C=O) groups excluding carboxylic acids is 1. The third-order valence-corrected chi connectivity index (χ3v) is 5.46. The van der Waals surface area contributed by atoms with Crippen molar-refractivity contribution in [3.63, 3.8) is 0 Å². The molecule has 0 unspecified atom stereocenters. The molecule has 4 rings (SSSR count). The van der Waals surface area contributed by atoms with Crippen molar-refractivity contribution in [2.45, 2.75) is 38.5 Å². The van der Waals surface area contributed by atoms with Crippen LogP contribution in [0, 0.1) is 0 Å².